The summed E-state index contributed by atoms with van der Waals surface area (Å²) in [6.07, 6.45) is -3.76. The van der Waals surface area contributed by atoms with Gasteiger partial charge in [-0.1, -0.05) is 38.1 Å². The number of carbonyl (C=O) groups excluding carboxylic acids is 1. The number of allylic oxidation sites excluding steroid dienone is 2. The van der Waals surface area contributed by atoms with Crippen LogP contribution in [0.4, 0.5) is 19.1 Å². The second-order valence-corrected chi connectivity index (χ2v) is 7.92. The highest BCUT2D eigenvalue weighted by Gasteiger charge is 2.44. The van der Waals surface area contributed by atoms with Crippen LogP contribution in [0.15, 0.2) is 35.5 Å². The van der Waals surface area contributed by atoms with Crippen LogP contribution in [-0.2, 0) is 11.0 Å². The highest BCUT2D eigenvalue weighted by molar-refractivity contribution is 6.00. The van der Waals surface area contributed by atoms with Gasteiger partial charge in [-0.2, -0.15) is 18.2 Å². The summed E-state index contributed by atoms with van der Waals surface area (Å²) in [6, 6.07) is 6.63. The molecule has 1 N–H and O–H groups in total. The van der Waals surface area contributed by atoms with Gasteiger partial charge in [0.2, 0.25) is 5.95 Å². The molecule has 0 amide bonds. The van der Waals surface area contributed by atoms with E-state index >= 15 is 0 Å². The number of fused-ring (bicyclic) bond motifs is 1. The molecule has 0 spiro atoms. The molecule has 1 aliphatic carbocycles. The smallest absolute Gasteiger partial charge is 0.328 e. The van der Waals surface area contributed by atoms with E-state index in [0.29, 0.717) is 24.1 Å². The van der Waals surface area contributed by atoms with Crippen LogP contribution in [0.2, 0.25) is 0 Å². The molecule has 142 valence electrons. The number of aryl methyl sites for hydroxylation is 1. The van der Waals surface area contributed by atoms with Gasteiger partial charge in [-0.15, -0.1) is 5.10 Å². The first kappa shape index (κ1) is 17.8. The van der Waals surface area contributed by atoms with Crippen molar-refractivity contribution in [1.29, 1.82) is 0 Å². The van der Waals surface area contributed by atoms with Crippen molar-refractivity contribution in [2.24, 2.45) is 5.41 Å². The molecule has 27 heavy (non-hydrogen) atoms. The minimum Gasteiger partial charge on any atom is -0.328 e. The number of nitrogens with one attached hydrogen (secondary N) is 1. The average Bonchev–Trinajstić information content (AvgIpc) is 2.96. The van der Waals surface area contributed by atoms with Crippen molar-refractivity contribution >= 4 is 11.7 Å². The molecular weight excluding hydrogens is 357 g/mol. The van der Waals surface area contributed by atoms with Crippen molar-refractivity contribution in [2.45, 2.75) is 45.8 Å². The third-order valence-corrected chi connectivity index (χ3v) is 5.07. The Hall–Kier alpha value is -2.64. The molecule has 8 heteroatoms. The largest absolute Gasteiger partial charge is 0.453 e. The van der Waals surface area contributed by atoms with Crippen molar-refractivity contribution in [3.05, 3.63) is 52.5 Å². The maximum atomic E-state index is 13.2. The van der Waals surface area contributed by atoms with Gasteiger partial charge in [-0.25, -0.2) is 4.68 Å². The zero-order valence-electron chi connectivity index (χ0n) is 15.2. The summed E-state index contributed by atoms with van der Waals surface area (Å²) in [5, 5.41) is 6.66. The summed E-state index contributed by atoms with van der Waals surface area (Å²) in [7, 11) is 0. The van der Waals surface area contributed by atoms with Crippen molar-refractivity contribution in [1.82, 2.24) is 14.8 Å². The van der Waals surface area contributed by atoms with E-state index in [4.69, 9.17) is 0 Å². The summed E-state index contributed by atoms with van der Waals surface area (Å²) in [5.74, 6) is -1.27. The summed E-state index contributed by atoms with van der Waals surface area (Å²) in [4.78, 5) is 16.6. The fourth-order valence-corrected chi connectivity index (χ4v) is 3.91. The summed E-state index contributed by atoms with van der Waals surface area (Å²) in [5.41, 5.74) is 2.48. The quantitative estimate of drug-likeness (QED) is 0.808. The molecule has 1 aromatic heterocycles. The van der Waals surface area contributed by atoms with Crippen LogP contribution in [0.3, 0.4) is 0 Å². The maximum absolute atomic E-state index is 13.2. The van der Waals surface area contributed by atoms with E-state index in [1.165, 1.54) is 4.68 Å². The number of rotatable bonds is 1. The van der Waals surface area contributed by atoms with Crippen molar-refractivity contribution < 1.29 is 18.0 Å². The third-order valence-electron chi connectivity index (χ3n) is 5.07. The number of alkyl halides is 3. The monoisotopic (exact) mass is 376 g/mol. The minimum absolute atomic E-state index is 0.0137. The molecule has 5 nitrogen and oxygen atoms in total. The Kier molecular flexibility index (Phi) is 3.73. The Bertz CT molecular complexity index is 972. The maximum Gasteiger partial charge on any atom is 0.453 e. The van der Waals surface area contributed by atoms with Crippen LogP contribution in [0.1, 0.15) is 49.7 Å². The number of benzene rings is 1. The van der Waals surface area contributed by atoms with Crippen molar-refractivity contribution in [2.75, 3.05) is 5.32 Å². The van der Waals surface area contributed by atoms with Crippen molar-refractivity contribution in [3.63, 3.8) is 0 Å². The van der Waals surface area contributed by atoms with Gasteiger partial charge in [-0.3, -0.25) is 4.79 Å². The molecule has 0 unspecified atom stereocenters. The van der Waals surface area contributed by atoms with Crippen LogP contribution in [0.25, 0.3) is 0 Å². The highest BCUT2D eigenvalue weighted by Crippen LogP contribution is 2.46. The van der Waals surface area contributed by atoms with Gasteiger partial charge in [0.05, 0.1) is 0 Å². The number of carbonyl (C=O) groups is 1. The van der Waals surface area contributed by atoms with Gasteiger partial charge in [0, 0.05) is 17.7 Å². The van der Waals surface area contributed by atoms with Crippen LogP contribution >= 0.6 is 0 Å². The molecule has 1 atom stereocenters. The lowest BCUT2D eigenvalue weighted by Crippen LogP contribution is -2.36. The van der Waals surface area contributed by atoms with Crippen molar-refractivity contribution in [3.8, 4) is 0 Å². The predicted molar refractivity (Wildman–Crippen MR) is 93.0 cm³/mol. The first-order chi connectivity index (χ1) is 12.6. The second kappa shape index (κ2) is 5.68. The highest BCUT2D eigenvalue weighted by atomic mass is 19.4. The summed E-state index contributed by atoms with van der Waals surface area (Å²) in [6.45, 7) is 5.81. The first-order valence-electron chi connectivity index (χ1n) is 8.69. The lowest BCUT2D eigenvalue weighted by molar-refractivity contribution is -0.145. The average molecular weight is 376 g/mol. The van der Waals surface area contributed by atoms with Crippen LogP contribution < -0.4 is 5.32 Å². The van der Waals surface area contributed by atoms with Crippen LogP contribution in [-0.4, -0.2) is 20.5 Å². The zero-order chi connectivity index (χ0) is 19.6. The van der Waals surface area contributed by atoms with E-state index in [0.717, 1.165) is 11.1 Å². The molecule has 2 heterocycles. The Morgan fingerprint density at radius 1 is 1.22 bits per heavy atom. The van der Waals surface area contributed by atoms with Gasteiger partial charge in [0.15, 0.2) is 5.78 Å². The summed E-state index contributed by atoms with van der Waals surface area (Å²) < 4.78 is 40.8. The number of hydrogen-bond donors (Lipinski definition) is 1. The van der Waals surface area contributed by atoms with E-state index in [1.54, 1.807) is 0 Å². The molecule has 0 fully saturated rings. The van der Waals surface area contributed by atoms with E-state index in [1.807, 2.05) is 45.0 Å². The van der Waals surface area contributed by atoms with Gasteiger partial charge in [-0.05, 0) is 29.9 Å². The SMILES string of the molecule is Cc1ccccc1[C@H]1C2=C(CC(C)(C)CC2=O)Nc2nc(C(F)(F)F)nn21. The number of ketones is 1. The fraction of sp³-hybridized carbons (Fsp3) is 0.421. The van der Waals surface area contributed by atoms with Gasteiger partial charge >= 0.3 is 6.18 Å². The summed E-state index contributed by atoms with van der Waals surface area (Å²) >= 11 is 0. The molecule has 1 aliphatic heterocycles. The molecule has 2 aromatic rings. The Labute approximate surface area is 154 Å². The standard InChI is InChI=1S/C19H19F3N4O/c1-10-6-4-5-7-11(10)15-14-12(8-18(2,3)9-13(14)27)23-17-24-16(19(20,21)22)25-26(15)17/h4-7,15H,8-9H2,1-3H3,(H,23,24,25)/t15-/m0/s1. The minimum atomic E-state index is -4.66. The number of Topliss-reactive ketones (excluding diaryl/α,β-unsaturated/α-hetero) is 1. The number of halogens is 3. The number of aromatic nitrogens is 3. The lowest BCUT2D eigenvalue weighted by atomic mass is 9.73. The topological polar surface area (TPSA) is 59.8 Å². The number of anilines is 1. The van der Waals surface area contributed by atoms with Crippen LogP contribution in [0, 0.1) is 12.3 Å². The molecule has 0 bridgehead atoms. The van der Waals surface area contributed by atoms with Crippen LogP contribution in [0.5, 0.6) is 0 Å². The number of hydrogen-bond acceptors (Lipinski definition) is 4. The second-order valence-electron chi connectivity index (χ2n) is 7.92. The Balaban J connectivity index is 1.95. The van der Waals surface area contributed by atoms with E-state index in [9.17, 15) is 18.0 Å². The van der Waals surface area contributed by atoms with E-state index in [2.05, 4.69) is 15.4 Å². The van der Waals surface area contributed by atoms with E-state index < -0.39 is 18.0 Å². The van der Waals surface area contributed by atoms with E-state index in [-0.39, 0.29) is 17.1 Å². The number of nitrogens with zero attached hydrogens (tertiary/aromatic N) is 3. The zero-order valence-corrected chi connectivity index (χ0v) is 15.2. The lowest BCUT2D eigenvalue weighted by Gasteiger charge is -2.38. The fourth-order valence-electron chi connectivity index (χ4n) is 3.91. The molecule has 0 radical (unpaired) electrons. The molecule has 4 rings (SSSR count). The van der Waals surface area contributed by atoms with Gasteiger partial charge in [0.1, 0.15) is 6.04 Å². The molecule has 2 aliphatic rings. The Morgan fingerprint density at radius 2 is 1.93 bits per heavy atom. The molecule has 0 saturated heterocycles. The predicted octanol–water partition coefficient (Wildman–Crippen LogP) is 4.26. The normalized spacial score (nSPS) is 21.6. The Morgan fingerprint density at radius 3 is 2.59 bits per heavy atom. The van der Waals surface area contributed by atoms with Gasteiger partial charge in [0.25, 0.3) is 5.82 Å². The molecule has 1 aromatic carbocycles. The first-order valence-corrected chi connectivity index (χ1v) is 8.69. The third kappa shape index (κ3) is 2.93. The molecule has 0 saturated carbocycles. The van der Waals surface area contributed by atoms with Gasteiger partial charge < -0.3 is 5.32 Å². The molecular formula is C19H19F3N4O.